The molecule has 0 unspecified atom stereocenters. The van der Waals surface area contributed by atoms with Gasteiger partial charge in [-0.05, 0) is 13.8 Å². The highest BCUT2D eigenvalue weighted by Gasteiger charge is 2.07. The van der Waals surface area contributed by atoms with Gasteiger partial charge in [-0.25, -0.2) is 5.84 Å². The highest BCUT2D eigenvalue weighted by molar-refractivity contribution is 5.43. The third-order valence-electron chi connectivity index (χ3n) is 1.72. The first kappa shape index (κ1) is 7.87. The number of fused-ring (bicyclic) bond motifs is 1. The molecule has 0 saturated heterocycles. The van der Waals surface area contributed by atoms with Gasteiger partial charge >= 0.3 is 0 Å². The number of nitrogen functional groups attached to an aromatic ring is 1. The van der Waals surface area contributed by atoms with Gasteiger partial charge in [0.1, 0.15) is 5.69 Å². The Hall–Kier alpha value is -1.76. The second-order valence-electron chi connectivity index (χ2n) is 2.65. The maximum Gasteiger partial charge on any atom is 0.273 e. The zero-order chi connectivity index (χ0) is 9.42. The van der Waals surface area contributed by atoms with Crippen LogP contribution in [0, 0.1) is 13.8 Å². The van der Waals surface area contributed by atoms with Crippen LogP contribution in [0.1, 0.15) is 11.5 Å². The van der Waals surface area contributed by atoms with Crippen molar-refractivity contribution in [2.75, 3.05) is 5.43 Å². The minimum Gasteiger partial charge on any atom is -0.307 e. The molecule has 0 radical (unpaired) electrons. The first-order chi connectivity index (χ1) is 6.22. The van der Waals surface area contributed by atoms with Crippen LogP contribution in [0.2, 0.25) is 0 Å². The quantitative estimate of drug-likeness (QED) is 0.449. The average molecular weight is 179 g/mol. The number of hydrogen-bond donors (Lipinski definition) is 2. The molecule has 2 rings (SSSR count). The molecule has 0 fully saturated rings. The number of nitrogens with one attached hydrogen (secondary N) is 1. The molecule has 7 heteroatoms. The van der Waals surface area contributed by atoms with Crippen LogP contribution < -0.4 is 11.3 Å². The van der Waals surface area contributed by atoms with Gasteiger partial charge in [0, 0.05) is 0 Å². The Morgan fingerprint density at radius 2 is 2.08 bits per heavy atom. The highest BCUT2D eigenvalue weighted by Crippen LogP contribution is 2.07. The fraction of sp³-hybridized carbons (Fsp3) is 0.333. The van der Waals surface area contributed by atoms with Crippen molar-refractivity contribution >= 4 is 11.6 Å². The predicted molar refractivity (Wildman–Crippen MR) is 45.9 cm³/mol. The van der Waals surface area contributed by atoms with Crippen molar-refractivity contribution in [1.29, 1.82) is 0 Å². The normalized spacial score (nSPS) is 10.7. The van der Waals surface area contributed by atoms with Gasteiger partial charge in [0.2, 0.25) is 0 Å². The van der Waals surface area contributed by atoms with Crippen LogP contribution in [0.25, 0.3) is 5.78 Å². The zero-order valence-corrected chi connectivity index (χ0v) is 7.31. The van der Waals surface area contributed by atoms with Crippen molar-refractivity contribution in [3.05, 3.63) is 11.5 Å². The summed E-state index contributed by atoms with van der Waals surface area (Å²) < 4.78 is 1.57. The van der Waals surface area contributed by atoms with Crippen molar-refractivity contribution in [2.45, 2.75) is 13.8 Å². The lowest BCUT2D eigenvalue weighted by Gasteiger charge is -2.02. The second kappa shape index (κ2) is 2.63. The summed E-state index contributed by atoms with van der Waals surface area (Å²) in [4.78, 5) is 4.10. The topological polar surface area (TPSA) is 94.0 Å². The molecule has 2 aromatic rings. The number of nitrogens with two attached hydrogens (primary N) is 1. The van der Waals surface area contributed by atoms with E-state index in [2.05, 4.69) is 25.7 Å². The molecular formula is C6H9N7. The highest BCUT2D eigenvalue weighted by atomic mass is 15.4. The van der Waals surface area contributed by atoms with Crippen LogP contribution >= 0.6 is 0 Å². The smallest absolute Gasteiger partial charge is 0.273 e. The fourth-order valence-electron chi connectivity index (χ4n) is 1.05. The maximum absolute atomic E-state index is 5.24. The molecule has 2 heterocycles. The largest absolute Gasteiger partial charge is 0.307 e. The third kappa shape index (κ3) is 1.09. The lowest BCUT2D eigenvalue weighted by Crippen LogP contribution is -2.13. The predicted octanol–water partition coefficient (Wildman–Crippen LogP) is -0.578. The summed E-state index contributed by atoms with van der Waals surface area (Å²) in [7, 11) is 0. The molecule has 0 atom stereocenters. The maximum atomic E-state index is 5.24. The molecule has 0 spiro atoms. The summed E-state index contributed by atoms with van der Waals surface area (Å²) in [5, 5.41) is 11.8. The second-order valence-corrected chi connectivity index (χ2v) is 2.65. The van der Waals surface area contributed by atoms with E-state index in [1.807, 2.05) is 6.92 Å². The summed E-state index contributed by atoms with van der Waals surface area (Å²) in [5.74, 6) is 6.90. The Morgan fingerprint density at radius 1 is 1.31 bits per heavy atom. The number of aromatic nitrogens is 5. The summed E-state index contributed by atoms with van der Waals surface area (Å²) in [5.41, 5.74) is 3.15. The number of nitrogens with zero attached hydrogens (tertiary/aromatic N) is 5. The van der Waals surface area contributed by atoms with Crippen LogP contribution in [0.5, 0.6) is 0 Å². The van der Waals surface area contributed by atoms with Crippen LogP contribution in [0.4, 0.5) is 5.82 Å². The molecule has 0 aliphatic rings. The molecular weight excluding hydrogens is 170 g/mol. The van der Waals surface area contributed by atoms with E-state index in [9.17, 15) is 0 Å². The van der Waals surface area contributed by atoms with Gasteiger partial charge in [0.15, 0.2) is 11.6 Å². The van der Waals surface area contributed by atoms with Crippen molar-refractivity contribution in [3.63, 3.8) is 0 Å². The van der Waals surface area contributed by atoms with Crippen molar-refractivity contribution in [2.24, 2.45) is 5.84 Å². The van der Waals surface area contributed by atoms with E-state index in [1.165, 1.54) is 0 Å². The summed E-state index contributed by atoms with van der Waals surface area (Å²) in [6, 6.07) is 0. The van der Waals surface area contributed by atoms with Crippen molar-refractivity contribution in [3.8, 4) is 0 Å². The molecule has 0 saturated carbocycles. The third-order valence-corrected chi connectivity index (χ3v) is 1.72. The number of hydrazine groups is 1. The summed E-state index contributed by atoms with van der Waals surface area (Å²) in [6.07, 6.45) is 0. The molecule has 13 heavy (non-hydrogen) atoms. The van der Waals surface area contributed by atoms with Crippen molar-refractivity contribution < 1.29 is 0 Å². The zero-order valence-electron chi connectivity index (χ0n) is 7.31. The van der Waals surface area contributed by atoms with Gasteiger partial charge < -0.3 is 5.43 Å². The number of rotatable bonds is 1. The van der Waals surface area contributed by atoms with Gasteiger partial charge in [-0.1, -0.05) is 0 Å². The van der Waals surface area contributed by atoms with Gasteiger partial charge in [-0.15, -0.1) is 10.2 Å². The van der Waals surface area contributed by atoms with Gasteiger partial charge in [-0.3, -0.25) is 0 Å². The average Bonchev–Trinajstić information content (AvgIpc) is 2.47. The molecule has 3 N–H and O–H groups in total. The molecule has 0 bridgehead atoms. The molecule has 2 aromatic heterocycles. The van der Waals surface area contributed by atoms with Crippen LogP contribution in [-0.2, 0) is 0 Å². The Labute approximate surface area is 74.0 Å². The fourth-order valence-corrected chi connectivity index (χ4v) is 1.05. The Balaban J connectivity index is 2.76. The van der Waals surface area contributed by atoms with Crippen LogP contribution in [0.3, 0.4) is 0 Å². The van der Waals surface area contributed by atoms with Crippen LogP contribution in [0.15, 0.2) is 0 Å². The van der Waals surface area contributed by atoms with Crippen LogP contribution in [-0.4, -0.2) is 24.8 Å². The van der Waals surface area contributed by atoms with E-state index in [1.54, 1.807) is 11.4 Å². The standard InChI is InChI=1S/C6H9N7/c1-3-5(9-7)8-6-11-10-4(2)13(6)12-3/h7H2,1-2H3,(H,8,9,11). The van der Waals surface area contributed by atoms with E-state index >= 15 is 0 Å². The van der Waals surface area contributed by atoms with E-state index in [-0.39, 0.29) is 0 Å². The Bertz CT molecular complexity index is 445. The van der Waals surface area contributed by atoms with E-state index in [0.29, 0.717) is 23.1 Å². The first-order valence-corrected chi connectivity index (χ1v) is 3.75. The molecule has 0 aliphatic carbocycles. The molecule has 0 aromatic carbocycles. The molecule has 0 amide bonds. The number of anilines is 1. The Morgan fingerprint density at radius 3 is 2.77 bits per heavy atom. The SMILES string of the molecule is Cc1nn2c(C)nnc2nc1NN. The van der Waals surface area contributed by atoms with E-state index in [4.69, 9.17) is 5.84 Å². The Kier molecular flexibility index (Phi) is 1.59. The number of aryl methyl sites for hydroxylation is 2. The molecule has 68 valence electrons. The van der Waals surface area contributed by atoms with Gasteiger partial charge in [0.05, 0.1) is 0 Å². The van der Waals surface area contributed by atoms with E-state index in [0.717, 1.165) is 0 Å². The minimum absolute atomic E-state index is 0.441. The lowest BCUT2D eigenvalue weighted by atomic mass is 10.5. The molecule has 0 aliphatic heterocycles. The summed E-state index contributed by atoms with van der Waals surface area (Å²) in [6.45, 7) is 3.62. The summed E-state index contributed by atoms with van der Waals surface area (Å²) >= 11 is 0. The van der Waals surface area contributed by atoms with Gasteiger partial charge in [0.25, 0.3) is 5.78 Å². The molecule has 7 nitrogen and oxygen atoms in total. The number of hydrogen-bond acceptors (Lipinski definition) is 6. The first-order valence-electron chi connectivity index (χ1n) is 3.75. The monoisotopic (exact) mass is 179 g/mol. The van der Waals surface area contributed by atoms with E-state index < -0.39 is 0 Å². The van der Waals surface area contributed by atoms with Gasteiger partial charge in [-0.2, -0.15) is 14.6 Å². The lowest BCUT2D eigenvalue weighted by molar-refractivity contribution is 0.832. The van der Waals surface area contributed by atoms with Crippen molar-refractivity contribution in [1.82, 2.24) is 24.8 Å². The minimum atomic E-state index is 0.441.